The van der Waals surface area contributed by atoms with E-state index in [9.17, 15) is 30.7 Å². The molecule has 0 aromatic heterocycles. The Morgan fingerprint density at radius 3 is 2.09 bits per heavy atom. The first-order chi connectivity index (χ1) is 21.3. The number of likely N-dealkylation sites (N-methyl/N-ethyl adjacent to an activating group) is 1. The van der Waals surface area contributed by atoms with Crippen LogP contribution in [-0.2, 0) is 35.9 Å². The quantitative estimate of drug-likeness (QED) is 0.116. The van der Waals surface area contributed by atoms with Crippen LogP contribution in [0.5, 0.6) is 0 Å². The predicted octanol–water partition coefficient (Wildman–Crippen LogP) is 2.72. The maximum atomic E-state index is 11.8. The number of unbranched alkanes of at least 4 members (excludes halogenated alkanes) is 2. The first kappa shape index (κ1) is 38.9. The van der Waals surface area contributed by atoms with Crippen molar-refractivity contribution in [3.63, 3.8) is 0 Å². The summed E-state index contributed by atoms with van der Waals surface area (Å²) in [5.74, 6) is -0.835. The fraction of sp³-hybridized carbons (Fsp3) is 0.412. The zero-order valence-electron chi connectivity index (χ0n) is 28.0. The topological polar surface area (TPSA) is 158 Å². The number of hydrogen-bond acceptors (Lipinski definition) is 8. The molecule has 0 radical (unpaired) electrons. The van der Waals surface area contributed by atoms with Crippen LogP contribution in [0.4, 0.5) is 11.4 Å². The molecule has 2 heterocycles. The van der Waals surface area contributed by atoms with Crippen molar-refractivity contribution in [2.75, 3.05) is 18.0 Å². The summed E-state index contributed by atoms with van der Waals surface area (Å²) in [6.45, 7) is 13.1. The van der Waals surface area contributed by atoms with Gasteiger partial charge >= 0.3 is 35.5 Å². The fourth-order valence-electron chi connectivity index (χ4n) is 6.40. The van der Waals surface area contributed by atoms with E-state index >= 15 is 0 Å². The molecule has 10 nitrogen and oxygen atoms in total. The predicted molar refractivity (Wildman–Crippen MR) is 175 cm³/mol. The molecule has 2 aliphatic heterocycles. The molecule has 0 saturated carbocycles. The average molecular weight is 693 g/mol. The molecule has 0 spiro atoms. The molecule has 0 atom stereocenters. The number of aliphatic carboxylic acids is 1. The Morgan fingerprint density at radius 2 is 1.51 bits per heavy atom. The van der Waals surface area contributed by atoms with Crippen LogP contribution >= 0.6 is 0 Å². The van der Waals surface area contributed by atoms with Gasteiger partial charge in [-0.1, -0.05) is 31.6 Å². The molecule has 0 amide bonds. The van der Waals surface area contributed by atoms with Crippen LogP contribution in [-0.4, -0.2) is 60.4 Å². The Bertz CT molecular complexity index is 1910. The van der Waals surface area contributed by atoms with Crippen molar-refractivity contribution in [1.82, 2.24) is 0 Å². The van der Waals surface area contributed by atoms with Crippen LogP contribution in [0, 0.1) is 0 Å². The third kappa shape index (κ3) is 8.18. The minimum absolute atomic E-state index is 0. The number of hydrogen-bond donors (Lipinski definition) is 1. The van der Waals surface area contributed by atoms with Crippen molar-refractivity contribution in [3.05, 3.63) is 83.1 Å². The molecule has 0 saturated heterocycles. The van der Waals surface area contributed by atoms with Gasteiger partial charge in [0.05, 0.1) is 15.2 Å². The van der Waals surface area contributed by atoms with Crippen LogP contribution in [0.2, 0.25) is 0 Å². The van der Waals surface area contributed by atoms with Crippen molar-refractivity contribution < 1.29 is 70.0 Å². The van der Waals surface area contributed by atoms with E-state index < -0.39 is 37.0 Å². The van der Waals surface area contributed by atoms with Crippen molar-refractivity contribution in [3.8, 4) is 0 Å². The molecule has 47 heavy (non-hydrogen) atoms. The molecule has 4 rings (SSSR count). The van der Waals surface area contributed by atoms with Gasteiger partial charge in [-0.05, 0) is 82.5 Å². The molecular formula is C34H41N2NaO8S2. The molecule has 2 aromatic carbocycles. The molecule has 0 fully saturated rings. The maximum Gasteiger partial charge on any atom is 1.00 e. The van der Waals surface area contributed by atoms with Gasteiger partial charge in [-0.25, -0.2) is 16.8 Å². The Balaban J connectivity index is 0.00000600. The van der Waals surface area contributed by atoms with Crippen LogP contribution in [0.15, 0.2) is 81.8 Å². The third-order valence-electron chi connectivity index (χ3n) is 8.90. The van der Waals surface area contributed by atoms with E-state index in [1.807, 2.05) is 65.8 Å². The summed E-state index contributed by atoms with van der Waals surface area (Å²) in [5, 5.41) is 8.99. The molecule has 0 aliphatic carbocycles. The van der Waals surface area contributed by atoms with Crippen molar-refractivity contribution in [1.29, 1.82) is 0 Å². The number of fused-ring (bicyclic) bond motifs is 2. The fourth-order valence-corrected chi connectivity index (χ4v) is 7.39. The van der Waals surface area contributed by atoms with Gasteiger partial charge in [0.1, 0.15) is 26.8 Å². The molecule has 13 heteroatoms. The van der Waals surface area contributed by atoms with Gasteiger partial charge in [-0.2, -0.15) is 4.58 Å². The summed E-state index contributed by atoms with van der Waals surface area (Å²) < 4.78 is 72.8. The number of carboxylic acid groups (broad SMARTS) is 1. The van der Waals surface area contributed by atoms with Gasteiger partial charge < -0.3 is 19.1 Å². The number of carbonyl (C=O) groups is 1. The summed E-state index contributed by atoms with van der Waals surface area (Å²) in [4.78, 5) is 12.5. The van der Waals surface area contributed by atoms with Gasteiger partial charge in [0.25, 0.3) is 0 Å². The zero-order valence-corrected chi connectivity index (χ0v) is 31.7. The van der Waals surface area contributed by atoms with E-state index in [-0.39, 0.29) is 45.8 Å². The van der Waals surface area contributed by atoms with Gasteiger partial charge in [0.2, 0.25) is 5.69 Å². The summed E-state index contributed by atoms with van der Waals surface area (Å²) in [7, 11) is -9.24. The third-order valence-corrected chi connectivity index (χ3v) is 10.6. The summed E-state index contributed by atoms with van der Waals surface area (Å²) in [6, 6.07) is 8.93. The minimum atomic E-state index is -4.65. The molecule has 2 aromatic rings. The summed E-state index contributed by atoms with van der Waals surface area (Å²) in [6.07, 6.45) is 10.0. The first-order valence-electron chi connectivity index (χ1n) is 15.2. The first-order valence-corrected chi connectivity index (χ1v) is 18.0. The molecular weight excluding hydrogens is 652 g/mol. The van der Waals surface area contributed by atoms with Gasteiger partial charge in [0.15, 0.2) is 5.71 Å². The summed E-state index contributed by atoms with van der Waals surface area (Å²) >= 11 is 0. The SMILES string of the molecule is CCN1/C(=C/C=C(C)/C=C/C2=[N+](CCCCCC(=O)O)c3ccc(S(=O)(=O)[O-])cc3C2(C)C)C(C)(C)c2cc(S(=O)(=O)[O-])ccc21.[Na+]. The van der Waals surface area contributed by atoms with Gasteiger partial charge in [-0.3, -0.25) is 4.79 Å². The van der Waals surface area contributed by atoms with E-state index in [1.54, 1.807) is 12.1 Å². The minimum Gasteiger partial charge on any atom is -0.744 e. The Kier molecular flexibility index (Phi) is 12.0. The standard InChI is InChI=1S/C34H42N2O8S2.Na/c1-7-35-28-16-14-24(45(39,40)41)21-26(28)33(3,4)30(35)18-12-23(2)13-19-31-34(5,6)27-22-25(46(42,43)44)15-17-29(27)36(31)20-10-8-9-11-32(37)38;/h12-19,21-22H,7-11,20H2,1-6H3,(H2-,37,38,39,40,41,42,43,44);/q;+1/p-1. The Labute approximate surface area is 300 Å². The second kappa shape index (κ2) is 14.5. The summed E-state index contributed by atoms with van der Waals surface area (Å²) in [5.41, 5.74) is 4.75. The Morgan fingerprint density at radius 1 is 0.915 bits per heavy atom. The average Bonchev–Trinajstić information content (AvgIpc) is 3.30. The van der Waals surface area contributed by atoms with Crippen molar-refractivity contribution in [2.45, 2.75) is 87.8 Å². The molecule has 0 bridgehead atoms. The van der Waals surface area contributed by atoms with E-state index in [2.05, 4.69) is 9.48 Å². The van der Waals surface area contributed by atoms with Gasteiger partial charge in [-0.15, -0.1) is 0 Å². The largest absolute Gasteiger partial charge is 1.00 e. The molecule has 1 N–H and O–H groups in total. The van der Waals surface area contributed by atoms with Crippen LogP contribution < -0.4 is 34.5 Å². The van der Waals surface area contributed by atoms with Crippen LogP contribution in [0.25, 0.3) is 0 Å². The number of benzene rings is 2. The van der Waals surface area contributed by atoms with E-state index in [0.717, 1.165) is 45.9 Å². The molecule has 2 aliphatic rings. The number of allylic oxidation sites excluding steroid dienone is 6. The maximum absolute atomic E-state index is 11.8. The second-order valence-electron chi connectivity index (χ2n) is 12.8. The van der Waals surface area contributed by atoms with E-state index in [1.165, 1.54) is 24.3 Å². The van der Waals surface area contributed by atoms with Crippen LogP contribution in [0.1, 0.15) is 78.4 Å². The van der Waals surface area contributed by atoms with Crippen molar-refractivity contribution >= 4 is 43.3 Å². The molecule has 0 unspecified atom stereocenters. The van der Waals surface area contributed by atoms with Gasteiger partial charge in [0, 0.05) is 53.9 Å². The normalized spacial score (nSPS) is 18.1. The van der Waals surface area contributed by atoms with Crippen molar-refractivity contribution in [2.24, 2.45) is 0 Å². The Hall–Kier alpha value is -2.58. The second-order valence-corrected chi connectivity index (χ2v) is 15.6. The van der Waals surface area contributed by atoms with Crippen LogP contribution in [0.3, 0.4) is 0 Å². The smallest absolute Gasteiger partial charge is 0.744 e. The monoisotopic (exact) mass is 692 g/mol. The van der Waals surface area contributed by atoms with E-state index in [0.29, 0.717) is 25.9 Å². The molecule has 248 valence electrons. The number of carboxylic acids is 1. The number of anilines is 1. The van der Waals surface area contributed by atoms with E-state index in [4.69, 9.17) is 5.11 Å². The zero-order chi connectivity index (χ0) is 34.2. The number of nitrogens with zero attached hydrogens (tertiary/aromatic N) is 2. The number of rotatable bonds is 12.